The molecule has 0 aromatic heterocycles. The maximum Gasteiger partial charge on any atom is 0.251 e. The average molecular weight is 382 g/mol. The summed E-state index contributed by atoms with van der Waals surface area (Å²) >= 11 is 0. The van der Waals surface area contributed by atoms with Crippen LogP contribution in [-0.2, 0) is 9.59 Å². The van der Waals surface area contributed by atoms with Gasteiger partial charge in [0.1, 0.15) is 0 Å². The Morgan fingerprint density at radius 3 is 2.11 bits per heavy atom. The van der Waals surface area contributed by atoms with Crippen molar-refractivity contribution in [1.82, 2.24) is 5.32 Å². The van der Waals surface area contributed by atoms with Gasteiger partial charge in [-0.05, 0) is 55.0 Å². The van der Waals surface area contributed by atoms with E-state index in [4.69, 9.17) is 0 Å². The van der Waals surface area contributed by atoms with Crippen LogP contribution in [0.15, 0.2) is 48.5 Å². The zero-order valence-corrected chi connectivity index (χ0v) is 16.4. The van der Waals surface area contributed by atoms with E-state index in [9.17, 15) is 14.4 Å². The van der Waals surface area contributed by atoms with E-state index >= 15 is 0 Å². The number of rotatable bonds is 8. The molecule has 28 heavy (non-hydrogen) atoms. The molecule has 0 atom stereocenters. The summed E-state index contributed by atoms with van der Waals surface area (Å²) < 4.78 is 0. The third-order valence-corrected chi connectivity index (χ3v) is 4.15. The largest absolute Gasteiger partial charge is 0.376 e. The summed E-state index contributed by atoms with van der Waals surface area (Å²) in [4.78, 5) is 36.9. The Hall–Kier alpha value is -3.35. The van der Waals surface area contributed by atoms with Gasteiger partial charge in [0.2, 0.25) is 11.8 Å². The van der Waals surface area contributed by atoms with Gasteiger partial charge in [0.25, 0.3) is 5.91 Å². The molecule has 2 aromatic rings. The third-order valence-electron chi connectivity index (χ3n) is 4.15. The Labute approximate surface area is 165 Å². The van der Waals surface area contributed by atoms with Crippen LogP contribution >= 0.6 is 0 Å². The lowest BCUT2D eigenvalue weighted by Crippen LogP contribution is -2.24. The van der Waals surface area contributed by atoms with Crippen LogP contribution in [0, 0.1) is 0 Å². The van der Waals surface area contributed by atoms with Crippen LogP contribution in [-0.4, -0.2) is 37.9 Å². The Bertz CT molecular complexity index is 817. The summed E-state index contributed by atoms with van der Waals surface area (Å²) in [6.07, 6.45) is 0.878. The number of nitrogens with zero attached hydrogens (tertiary/aromatic N) is 1. The van der Waals surface area contributed by atoms with Gasteiger partial charge in [0, 0.05) is 43.1 Å². The Morgan fingerprint density at radius 1 is 0.929 bits per heavy atom. The Balaban J connectivity index is 1.84. The Kier molecular flexibility index (Phi) is 7.56. The molecule has 0 aliphatic carbocycles. The highest BCUT2D eigenvalue weighted by Crippen LogP contribution is 2.17. The number of anilines is 3. The minimum atomic E-state index is -0.201. The van der Waals surface area contributed by atoms with E-state index in [1.807, 2.05) is 31.2 Å². The first-order chi connectivity index (χ1) is 13.4. The van der Waals surface area contributed by atoms with E-state index in [0.717, 1.165) is 17.8 Å². The normalized spacial score (nSPS) is 10.1. The number of hydrogen-bond donors (Lipinski definition) is 3. The highest BCUT2D eigenvalue weighted by molar-refractivity contribution is 5.96. The summed E-state index contributed by atoms with van der Waals surface area (Å²) in [6.45, 7) is 4.22. The first-order valence-electron chi connectivity index (χ1n) is 9.17. The van der Waals surface area contributed by atoms with E-state index in [2.05, 4.69) is 16.0 Å². The van der Waals surface area contributed by atoms with Crippen molar-refractivity contribution >= 4 is 34.8 Å². The smallest absolute Gasteiger partial charge is 0.251 e. The third kappa shape index (κ3) is 6.12. The Morgan fingerprint density at radius 2 is 1.54 bits per heavy atom. The molecule has 2 rings (SSSR count). The molecule has 0 aliphatic heterocycles. The number of nitrogens with one attached hydrogen (secondary N) is 3. The van der Waals surface area contributed by atoms with Crippen molar-refractivity contribution in [3.63, 3.8) is 0 Å². The fourth-order valence-electron chi connectivity index (χ4n) is 2.42. The predicted molar refractivity (Wildman–Crippen MR) is 112 cm³/mol. The number of hydrogen-bond acceptors (Lipinski definition) is 4. The van der Waals surface area contributed by atoms with Gasteiger partial charge in [-0.25, -0.2) is 0 Å². The second kappa shape index (κ2) is 10.1. The minimum Gasteiger partial charge on any atom is -0.376 e. The first kappa shape index (κ1) is 21.0. The average Bonchev–Trinajstić information content (AvgIpc) is 2.70. The maximum absolute atomic E-state index is 12.1. The van der Waals surface area contributed by atoms with Gasteiger partial charge in [-0.15, -0.1) is 0 Å². The molecule has 148 valence electrons. The summed E-state index contributed by atoms with van der Waals surface area (Å²) in [5, 5.41) is 8.62. The lowest BCUT2D eigenvalue weighted by atomic mass is 10.2. The van der Waals surface area contributed by atoms with Crippen LogP contribution in [0.5, 0.6) is 0 Å². The number of carbonyl (C=O) groups is 3. The van der Waals surface area contributed by atoms with Gasteiger partial charge in [0.15, 0.2) is 0 Å². The molecule has 3 amide bonds. The molecular weight excluding hydrogens is 356 g/mol. The van der Waals surface area contributed by atoms with E-state index in [1.165, 1.54) is 6.92 Å². The highest BCUT2D eigenvalue weighted by atomic mass is 16.2. The van der Waals surface area contributed by atoms with Crippen molar-refractivity contribution < 1.29 is 14.4 Å². The molecule has 0 spiro atoms. The van der Waals surface area contributed by atoms with Crippen molar-refractivity contribution in [2.24, 2.45) is 0 Å². The lowest BCUT2D eigenvalue weighted by molar-refractivity contribution is -0.116. The van der Waals surface area contributed by atoms with E-state index in [-0.39, 0.29) is 24.3 Å². The molecule has 2 aromatic carbocycles. The zero-order chi connectivity index (χ0) is 20.5. The standard InChI is InChI=1S/C21H26N4O3/c1-4-13-22-21(28)16-5-7-18(8-6-16)24-20(27)14-23-17-9-11-19(12-10-17)25(3)15(2)26/h5-12,23H,4,13-14H2,1-3H3,(H,22,28)(H,24,27). The number of carbonyl (C=O) groups excluding carboxylic acids is 3. The molecule has 0 saturated carbocycles. The van der Waals surface area contributed by atoms with Gasteiger partial charge < -0.3 is 20.9 Å². The molecule has 0 radical (unpaired) electrons. The van der Waals surface area contributed by atoms with Gasteiger partial charge >= 0.3 is 0 Å². The van der Waals surface area contributed by atoms with E-state index < -0.39 is 0 Å². The first-order valence-corrected chi connectivity index (χ1v) is 9.17. The highest BCUT2D eigenvalue weighted by Gasteiger charge is 2.07. The lowest BCUT2D eigenvalue weighted by Gasteiger charge is -2.15. The predicted octanol–water partition coefficient (Wildman–Crippen LogP) is 2.86. The van der Waals surface area contributed by atoms with Crippen LogP contribution in [0.4, 0.5) is 17.1 Å². The SMILES string of the molecule is CCCNC(=O)c1ccc(NC(=O)CNc2ccc(N(C)C(C)=O)cc2)cc1. The van der Waals surface area contributed by atoms with E-state index in [1.54, 1.807) is 36.2 Å². The fraction of sp³-hybridized carbons (Fsp3) is 0.286. The molecule has 0 saturated heterocycles. The van der Waals surface area contributed by atoms with Crippen molar-refractivity contribution in [3.8, 4) is 0 Å². The molecule has 3 N–H and O–H groups in total. The topological polar surface area (TPSA) is 90.5 Å². The van der Waals surface area contributed by atoms with Gasteiger partial charge in [-0.2, -0.15) is 0 Å². The van der Waals surface area contributed by atoms with Gasteiger partial charge in [0.05, 0.1) is 6.54 Å². The second-order valence-electron chi connectivity index (χ2n) is 6.36. The van der Waals surface area contributed by atoms with Crippen molar-refractivity contribution in [1.29, 1.82) is 0 Å². The summed E-state index contributed by atoms with van der Waals surface area (Å²) in [6, 6.07) is 14.0. The number of benzene rings is 2. The zero-order valence-electron chi connectivity index (χ0n) is 16.4. The molecule has 0 fully saturated rings. The molecule has 0 unspecified atom stereocenters. The summed E-state index contributed by atoms with van der Waals surface area (Å²) in [5.41, 5.74) is 2.74. The monoisotopic (exact) mass is 382 g/mol. The minimum absolute atomic E-state index is 0.0473. The summed E-state index contributed by atoms with van der Waals surface area (Å²) in [5.74, 6) is -0.373. The van der Waals surface area contributed by atoms with Crippen molar-refractivity contribution in [2.45, 2.75) is 20.3 Å². The van der Waals surface area contributed by atoms with Crippen LogP contribution in [0.25, 0.3) is 0 Å². The quantitative estimate of drug-likeness (QED) is 0.655. The van der Waals surface area contributed by atoms with Gasteiger partial charge in [-0.1, -0.05) is 6.92 Å². The molecule has 0 bridgehead atoms. The summed E-state index contributed by atoms with van der Waals surface area (Å²) in [7, 11) is 1.71. The molecule has 0 heterocycles. The molecule has 0 aliphatic rings. The van der Waals surface area contributed by atoms with Crippen molar-refractivity contribution in [2.75, 3.05) is 35.7 Å². The molecule has 7 heteroatoms. The maximum atomic E-state index is 12.1. The van der Waals surface area contributed by atoms with Gasteiger partial charge in [-0.3, -0.25) is 14.4 Å². The number of amides is 3. The molecule has 7 nitrogen and oxygen atoms in total. The van der Waals surface area contributed by atoms with E-state index in [0.29, 0.717) is 17.8 Å². The fourth-order valence-corrected chi connectivity index (χ4v) is 2.42. The van der Waals surface area contributed by atoms with Crippen LogP contribution in [0.3, 0.4) is 0 Å². The molecular formula is C21H26N4O3. The second-order valence-corrected chi connectivity index (χ2v) is 6.36. The van der Waals surface area contributed by atoms with Crippen LogP contribution in [0.1, 0.15) is 30.6 Å². The van der Waals surface area contributed by atoms with Crippen molar-refractivity contribution in [3.05, 3.63) is 54.1 Å². The van der Waals surface area contributed by atoms with Crippen LogP contribution in [0.2, 0.25) is 0 Å². The van der Waals surface area contributed by atoms with Crippen LogP contribution < -0.4 is 20.9 Å².